The summed E-state index contributed by atoms with van der Waals surface area (Å²) in [6.45, 7) is 4.04. The number of hydrogen-bond donors (Lipinski definition) is 0. The van der Waals surface area contributed by atoms with Crippen LogP contribution in [0.4, 0.5) is 0 Å². The minimum Gasteiger partial charge on any atom is -0.376 e. The van der Waals surface area contributed by atoms with Gasteiger partial charge in [-0.1, -0.05) is 6.92 Å². The second-order valence-corrected chi connectivity index (χ2v) is 3.48. The predicted molar refractivity (Wildman–Crippen MR) is 50.6 cm³/mol. The van der Waals surface area contributed by atoms with Crippen LogP contribution in [0.15, 0.2) is 12.4 Å². The third kappa shape index (κ3) is 1.91. The summed E-state index contributed by atoms with van der Waals surface area (Å²) >= 11 is 0. The highest BCUT2D eigenvalue weighted by Gasteiger charge is 2.16. The summed E-state index contributed by atoms with van der Waals surface area (Å²) in [6, 6.07) is 0. The second-order valence-electron chi connectivity index (χ2n) is 3.48. The summed E-state index contributed by atoms with van der Waals surface area (Å²) in [6.07, 6.45) is 7.73. The molecule has 0 radical (unpaired) electrons. The van der Waals surface area contributed by atoms with Gasteiger partial charge in [-0.3, -0.25) is 0 Å². The van der Waals surface area contributed by atoms with Gasteiger partial charge in [-0.15, -0.1) is 0 Å². The lowest BCUT2D eigenvalue weighted by Gasteiger charge is -2.11. The first kappa shape index (κ1) is 8.75. The van der Waals surface area contributed by atoms with E-state index in [-0.39, 0.29) is 0 Å². The number of hydrogen-bond acceptors (Lipinski definition) is 2. The molecule has 1 atom stereocenters. The molecule has 72 valence electrons. The quantitative estimate of drug-likeness (QED) is 0.706. The molecular weight excluding hydrogens is 164 g/mol. The van der Waals surface area contributed by atoms with Crippen molar-refractivity contribution in [2.75, 3.05) is 6.61 Å². The van der Waals surface area contributed by atoms with Crippen molar-refractivity contribution in [2.24, 2.45) is 0 Å². The topological polar surface area (TPSA) is 27.1 Å². The van der Waals surface area contributed by atoms with Crippen molar-refractivity contribution in [3.05, 3.63) is 18.2 Å². The standard InChI is InChI=1S/C10H16N2O/c1-2-10-11-5-6-12(10)8-9-4-3-7-13-9/h5-6,9H,2-4,7-8H2,1H3. The van der Waals surface area contributed by atoms with Gasteiger partial charge < -0.3 is 9.30 Å². The Bertz CT molecular complexity index is 264. The highest BCUT2D eigenvalue weighted by atomic mass is 16.5. The maximum Gasteiger partial charge on any atom is 0.108 e. The first-order valence-corrected chi connectivity index (χ1v) is 5.01. The molecule has 0 spiro atoms. The van der Waals surface area contributed by atoms with Crippen LogP contribution >= 0.6 is 0 Å². The molecule has 0 bridgehead atoms. The van der Waals surface area contributed by atoms with E-state index in [9.17, 15) is 0 Å². The molecule has 1 aromatic rings. The van der Waals surface area contributed by atoms with Gasteiger partial charge in [0.25, 0.3) is 0 Å². The third-order valence-corrected chi connectivity index (χ3v) is 2.54. The average molecular weight is 180 g/mol. The van der Waals surface area contributed by atoms with Crippen LogP contribution in [0.3, 0.4) is 0 Å². The van der Waals surface area contributed by atoms with Crippen LogP contribution < -0.4 is 0 Å². The fraction of sp³-hybridized carbons (Fsp3) is 0.700. The van der Waals surface area contributed by atoms with Gasteiger partial charge in [-0.05, 0) is 12.8 Å². The van der Waals surface area contributed by atoms with Crippen molar-refractivity contribution in [3.63, 3.8) is 0 Å². The van der Waals surface area contributed by atoms with Gasteiger partial charge in [-0.2, -0.15) is 0 Å². The minimum absolute atomic E-state index is 0.416. The molecule has 0 amide bonds. The molecule has 0 saturated carbocycles. The molecule has 2 rings (SSSR count). The summed E-state index contributed by atoms with van der Waals surface area (Å²) in [5.41, 5.74) is 0. The lowest BCUT2D eigenvalue weighted by molar-refractivity contribution is 0.0963. The Morgan fingerprint density at radius 2 is 2.62 bits per heavy atom. The molecule has 1 aliphatic rings. The van der Waals surface area contributed by atoms with Gasteiger partial charge >= 0.3 is 0 Å². The number of rotatable bonds is 3. The van der Waals surface area contributed by atoms with E-state index in [0.29, 0.717) is 6.10 Å². The van der Waals surface area contributed by atoms with Crippen molar-refractivity contribution in [1.29, 1.82) is 0 Å². The van der Waals surface area contributed by atoms with E-state index in [2.05, 4.69) is 16.5 Å². The summed E-state index contributed by atoms with van der Waals surface area (Å²) in [5, 5.41) is 0. The fourth-order valence-electron chi connectivity index (χ4n) is 1.83. The van der Waals surface area contributed by atoms with Gasteiger partial charge in [0, 0.05) is 25.4 Å². The van der Waals surface area contributed by atoms with Crippen LogP contribution in [0.2, 0.25) is 0 Å². The monoisotopic (exact) mass is 180 g/mol. The molecule has 1 aliphatic heterocycles. The van der Waals surface area contributed by atoms with E-state index < -0.39 is 0 Å². The summed E-state index contributed by atoms with van der Waals surface area (Å²) < 4.78 is 7.78. The molecule has 0 N–H and O–H groups in total. The summed E-state index contributed by atoms with van der Waals surface area (Å²) in [4.78, 5) is 4.28. The van der Waals surface area contributed by atoms with Gasteiger partial charge in [-0.25, -0.2) is 4.98 Å². The van der Waals surface area contributed by atoms with Gasteiger partial charge in [0.15, 0.2) is 0 Å². The zero-order chi connectivity index (χ0) is 9.10. The molecule has 1 saturated heterocycles. The van der Waals surface area contributed by atoms with E-state index in [4.69, 9.17) is 4.74 Å². The van der Waals surface area contributed by atoms with E-state index in [1.807, 2.05) is 12.4 Å². The molecule has 1 aromatic heterocycles. The van der Waals surface area contributed by atoms with Crippen molar-refractivity contribution >= 4 is 0 Å². The number of imidazole rings is 1. The lowest BCUT2D eigenvalue weighted by atomic mass is 10.2. The van der Waals surface area contributed by atoms with Gasteiger partial charge in [0.1, 0.15) is 5.82 Å². The van der Waals surface area contributed by atoms with Crippen LogP contribution in [-0.2, 0) is 17.7 Å². The smallest absolute Gasteiger partial charge is 0.108 e. The maximum atomic E-state index is 5.58. The molecule has 1 fully saturated rings. The highest BCUT2D eigenvalue weighted by Crippen LogP contribution is 2.14. The van der Waals surface area contributed by atoms with Gasteiger partial charge in [0.05, 0.1) is 12.6 Å². The van der Waals surface area contributed by atoms with E-state index in [0.717, 1.165) is 25.4 Å². The SMILES string of the molecule is CCc1nccn1CC1CCCO1. The van der Waals surface area contributed by atoms with Crippen LogP contribution in [0.25, 0.3) is 0 Å². The number of ether oxygens (including phenoxy) is 1. The third-order valence-electron chi connectivity index (χ3n) is 2.54. The summed E-state index contributed by atoms with van der Waals surface area (Å²) in [7, 11) is 0. The molecule has 3 nitrogen and oxygen atoms in total. The molecule has 3 heteroatoms. The first-order chi connectivity index (χ1) is 6.40. The van der Waals surface area contributed by atoms with Crippen LogP contribution in [0.1, 0.15) is 25.6 Å². The Labute approximate surface area is 78.7 Å². The number of nitrogens with zero attached hydrogens (tertiary/aromatic N) is 2. The Hall–Kier alpha value is -0.830. The summed E-state index contributed by atoms with van der Waals surface area (Å²) in [5.74, 6) is 1.16. The Kier molecular flexibility index (Phi) is 2.64. The van der Waals surface area contributed by atoms with Crippen LogP contribution in [-0.4, -0.2) is 22.3 Å². The maximum absolute atomic E-state index is 5.58. The average Bonchev–Trinajstić information content (AvgIpc) is 2.76. The molecular formula is C10H16N2O. The molecule has 13 heavy (non-hydrogen) atoms. The predicted octanol–water partition coefficient (Wildman–Crippen LogP) is 1.62. The van der Waals surface area contributed by atoms with Crippen molar-refractivity contribution in [1.82, 2.24) is 9.55 Å². The van der Waals surface area contributed by atoms with Crippen LogP contribution in [0.5, 0.6) is 0 Å². The fourth-order valence-corrected chi connectivity index (χ4v) is 1.83. The lowest BCUT2D eigenvalue weighted by Crippen LogP contribution is -2.16. The van der Waals surface area contributed by atoms with Crippen molar-refractivity contribution < 1.29 is 4.74 Å². The van der Waals surface area contributed by atoms with Crippen molar-refractivity contribution in [3.8, 4) is 0 Å². The zero-order valence-corrected chi connectivity index (χ0v) is 8.07. The minimum atomic E-state index is 0.416. The van der Waals surface area contributed by atoms with Crippen LogP contribution in [0, 0.1) is 0 Å². The molecule has 1 unspecified atom stereocenters. The Balaban J connectivity index is 1.99. The first-order valence-electron chi connectivity index (χ1n) is 5.01. The molecule has 2 heterocycles. The molecule has 0 aromatic carbocycles. The van der Waals surface area contributed by atoms with E-state index in [1.165, 1.54) is 12.8 Å². The second kappa shape index (κ2) is 3.92. The number of aromatic nitrogens is 2. The highest BCUT2D eigenvalue weighted by molar-refractivity contribution is 4.92. The largest absolute Gasteiger partial charge is 0.376 e. The van der Waals surface area contributed by atoms with Gasteiger partial charge in [0.2, 0.25) is 0 Å². The normalized spacial score (nSPS) is 22.4. The Morgan fingerprint density at radius 1 is 1.69 bits per heavy atom. The number of aryl methyl sites for hydroxylation is 1. The van der Waals surface area contributed by atoms with Crippen molar-refractivity contribution in [2.45, 2.75) is 38.8 Å². The molecule has 0 aliphatic carbocycles. The van der Waals surface area contributed by atoms with E-state index in [1.54, 1.807) is 0 Å². The Morgan fingerprint density at radius 3 is 3.31 bits per heavy atom. The zero-order valence-electron chi connectivity index (χ0n) is 8.07. The van der Waals surface area contributed by atoms with E-state index >= 15 is 0 Å².